The number of Topliss-reactive ketones (excluding diaryl/α,β-unsaturated/α-hetero) is 1. The van der Waals surface area contributed by atoms with Crippen LogP contribution >= 0.6 is 0 Å². The molecular formula is C28H48O4. The molecular weight excluding hydrogens is 400 g/mol. The number of carbonyl (C=O) groups excluding carboxylic acids is 1. The van der Waals surface area contributed by atoms with E-state index in [-0.39, 0.29) is 34.7 Å². The summed E-state index contributed by atoms with van der Waals surface area (Å²) in [4.78, 5) is 13.3. The molecule has 4 rings (SSSR count). The predicted octanol–water partition coefficient (Wildman–Crippen LogP) is 4.84. The summed E-state index contributed by atoms with van der Waals surface area (Å²) in [5.74, 6) is 2.88. The van der Waals surface area contributed by atoms with Crippen molar-refractivity contribution in [3.63, 3.8) is 0 Å². The first-order valence-corrected chi connectivity index (χ1v) is 13.5. The van der Waals surface area contributed by atoms with Crippen molar-refractivity contribution in [1.29, 1.82) is 0 Å². The molecule has 0 radical (unpaired) electrons. The zero-order chi connectivity index (χ0) is 23.6. The Bertz CT molecular complexity index is 706. The number of carbonyl (C=O) groups is 1. The van der Waals surface area contributed by atoms with Crippen molar-refractivity contribution in [1.82, 2.24) is 0 Å². The van der Waals surface area contributed by atoms with Crippen LogP contribution < -0.4 is 0 Å². The Labute approximate surface area is 195 Å². The molecule has 0 aromatic heterocycles. The molecule has 32 heavy (non-hydrogen) atoms. The van der Waals surface area contributed by atoms with E-state index in [1.807, 2.05) is 6.92 Å². The summed E-state index contributed by atoms with van der Waals surface area (Å²) in [6, 6.07) is 0. The van der Waals surface area contributed by atoms with E-state index in [1.54, 1.807) is 0 Å². The van der Waals surface area contributed by atoms with Crippen molar-refractivity contribution < 1.29 is 20.1 Å². The minimum absolute atomic E-state index is 0.0440. The third kappa shape index (κ3) is 3.71. The molecule has 0 unspecified atom stereocenters. The summed E-state index contributed by atoms with van der Waals surface area (Å²) >= 11 is 0. The normalized spacial score (nSPS) is 47.9. The van der Waals surface area contributed by atoms with Gasteiger partial charge >= 0.3 is 0 Å². The van der Waals surface area contributed by atoms with E-state index in [2.05, 4.69) is 34.6 Å². The number of aliphatic hydroxyl groups is 3. The monoisotopic (exact) mass is 448 g/mol. The molecule has 0 bridgehead atoms. The van der Waals surface area contributed by atoms with E-state index < -0.39 is 12.2 Å². The summed E-state index contributed by atoms with van der Waals surface area (Å²) in [6.07, 6.45) is 6.05. The van der Waals surface area contributed by atoms with Gasteiger partial charge in [0.2, 0.25) is 0 Å². The average molecular weight is 449 g/mol. The molecule has 0 amide bonds. The third-order valence-corrected chi connectivity index (χ3v) is 11.6. The van der Waals surface area contributed by atoms with Crippen LogP contribution in [-0.2, 0) is 4.79 Å². The number of rotatable bonds is 5. The van der Waals surface area contributed by atoms with Gasteiger partial charge in [-0.05, 0) is 97.2 Å². The molecule has 0 aromatic rings. The van der Waals surface area contributed by atoms with Gasteiger partial charge in [-0.2, -0.15) is 0 Å². The highest BCUT2D eigenvalue weighted by atomic mass is 16.3. The SMILES string of the molecule is CC(C)[C@H](C)[C@@H](O)[C@H](O)[C@@H](C)[C@H]1CC[C@@H]2[C@@H]3CC(=O)[C@H]4C[C@H](O)CC[C@]4(C)[C@H]3CC[C@]12C. The first-order valence-electron chi connectivity index (χ1n) is 13.5. The number of hydrogen-bond acceptors (Lipinski definition) is 4. The van der Waals surface area contributed by atoms with Gasteiger partial charge in [0.05, 0.1) is 18.3 Å². The van der Waals surface area contributed by atoms with Crippen molar-refractivity contribution in [3.8, 4) is 0 Å². The molecule has 0 aliphatic heterocycles. The highest BCUT2D eigenvalue weighted by Gasteiger charge is 2.63. The van der Waals surface area contributed by atoms with E-state index >= 15 is 0 Å². The van der Waals surface area contributed by atoms with Crippen LogP contribution in [0.4, 0.5) is 0 Å². The largest absolute Gasteiger partial charge is 0.393 e. The zero-order valence-corrected chi connectivity index (χ0v) is 21.3. The molecule has 0 saturated heterocycles. The Morgan fingerprint density at radius 3 is 2.16 bits per heavy atom. The smallest absolute Gasteiger partial charge is 0.136 e. The minimum Gasteiger partial charge on any atom is -0.393 e. The van der Waals surface area contributed by atoms with E-state index in [1.165, 1.54) is 0 Å². The highest BCUT2D eigenvalue weighted by molar-refractivity contribution is 5.83. The van der Waals surface area contributed by atoms with Gasteiger partial charge in [-0.25, -0.2) is 0 Å². The van der Waals surface area contributed by atoms with Crippen molar-refractivity contribution >= 4 is 5.78 Å². The molecule has 4 aliphatic rings. The number of aliphatic hydroxyl groups excluding tert-OH is 3. The fraction of sp³-hybridized carbons (Fsp3) is 0.964. The van der Waals surface area contributed by atoms with Crippen LogP contribution in [0.15, 0.2) is 0 Å². The predicted molar refractivity (Wildman–Crippen MR) is 127 cm³/mol. The fourth-order valence-corrected chi connectivity index (χ4v) is 9.18. The number of hydrogen-bond donors (Lipinski definition) is 3. The van der Waals surface area contributed by atoms with Crippen molar-refractivity contribution in [2.24, 2.45) is 58.2 Å². The van der Waals surface area contributed by atoms with Crippen LogP contribution in [0.25, 0.3) is 0 Å². The number of ketones is 1. The van der Waals surface area contributed by atoms with E-state index in [0.29, 0.717) is 48.2 Å². The summed E-state index contributed by atoms with van der Waals surface area (Å²) in [6.45, 7) is 13.2. The lowest BCUT2D eigenvalue weighted by atomic mass is 9.44. The van der Waals surface area contributed by atoms with Gasteiger partial charge < -0.3 is 15.3 Å². The van der Waals surface area contributed by atoms with Gasteiger partial charge in [0.25, 0.3) is 0 Å². The second-order valence-electron chi connectivity index (χ2n) is 13.2. The maximum atomic E-state index is 13.3. The topological polar surface area (TPSA) is 77.8 Å². The molecule has 4 saturated carbocycles. The fourth-order valence-electron chi connectivity index (χ4n) is 9.18. The second kappa shape index (κ2) is 8.64. The van der Waals surface area contributed by atoms with E-state index in [4.69, 9.17) is 0 Å². The average Bonchev–Trinajstić information content (AvgIpc) is 3.10. The first-order chi connectivity index (χ1) is 14.9. The Balaban J connectivity index is 1.54. The molecule has 0 aromatic carbocycles. The van der Waals surface area contributed by atoms with Gasteiger partial charge in [0.1, 0.15) is 5.78 Å². The van der Waals surface area contributed by atoms with E-state index in [0.717, 1.165) is 38.5 Å². The van der Waals surface area contributed by atoms with Crippen LogP contribution in [0.5, 0.6) is 0 Å². The molecule has 4 nitrogen and oxygen atoms in total. The standard InChI is InChI=1S/C28H48O4/c1-15(2)16(3)25(31)26(32)17(4)20-7-8-21-19-14-24(30)23-13-18(29)9-11-28(23,6)22(19)10-12-27(20,21)5/h15-23,25-26,29,31-32H,7-14H2,1-6H3/t16-,17-,18+,19-,20+,21+,22-,23+,25+,26+,27+,28+/m0/s1. The van der Waals surface area contributed by atoms with Crippen molar-refractivity contribution in [3.05, 3.63) is 0 Å². The molecule has 3 N–H and O–H groups in total. The van der Waals surface area contributed by atoms with Crippen LogP contribution in [-0.4, -0.2) is 39.4 Å². The molecule has 4 aliphatic carbocycles. The van der Waals surface area contributed by atoms with Crippen LogP contribution in [0.3, 0.4) is 0 Å². The summed E-state index contributed by atoms with van der Waals surface area (Å²) in [7, 11) is 0. The Morgan fingerprint density at radius 1 is 0.875 bits per heavy atom. The lowest BCUT2D eigenvalue weighted by Gasteiger charge is -2.60. The van der Waals surface area contributed by atoms with Crippen LogP contribution in [0, 0.1) is 58.2 Å². The van der Waals surface area contributed by atoms with Gasteiger partial charge in [0, 0.05) is 12.3 Å². The molecule has 0 spiro atoms. The minimum atomic E-state index is -0.694. The van der Waals surface area contributed by atoms with E-state index in [9.17, 15) is 20.1 Å². The molecule has 0 heterocycles. The third-order valence-electron chi connectivity index (χ3n) is 11.6. The molecule has 4 heteroatoms. The second-order valence-corrected chi connectivity index (χ2v) is 13.2. The molecule has 4 fully saturated rings. The van der Waals surface area contributed by atoms with Gasteiger partial charge in [-0.15, -0.1) is 0 Å². The van der Waals surface area contributed by atoms with Crippen molar-refractivity contribution in [2.75, 3.05) is 0 Å². The lowest BCUT2D eigenvalue weighted by Crippen LogP contribution is -2.57. The Hall–Kier alpha value is -0.450. The summed E-state index contributed by atoms with van der Waals surface area (Å²) in [5.41, 5.74) is 0.187. The van der Waals surface area contributed by atoms with Crippen LogP contribution in [0.1, 0.15) is 92.9 Å². The Kier molecular flexibility index (Phi) is 6.66. The van der Waals surface area contributed by atoms with Gasteiger partial charge in [-0.1, -0.05) is 41.5 Å². The van der Waals surface area contributed by atoms with Crippen molar-refractivity contribution in [2.45, 2.75) is 111 Å². The maximum absolute atomic E-state index is 13.3. The molecule has 12 atom stereocenters. The lowest BCUT2D eigenvalue weighted by molar-refractivity contribution is -0.161. The zero-order valence-electron chi connectivity index (χ0n) is 21.3. The first kappa shape index (κ1) is 24.7. The maximum Gasteiger partial charge on any atom is 0.136 e. The summed E-state index contributed by atoms with van der Waals surface area (Å²) < 4.78 is 0. The molecule has 184 valence electrons. The van der Waals surface area contributed by atoms with Gasteiger partial charge in [-0.3, -0.25) is 4.79 Å². The van der Waals surface area contributed by atoms with Gasteiger partial charge in [0.15, 0.2) is 0 Å². The van der Waals surface area contributed by atoms with Crippen LogP contribution in [0.2, 0.25) is 0 Å². The number of fused-ring (bicyclic) bond motifs is 5. The summed E-state index contributed by atoms with van der Waals surface area (Å²) in [5, 5.41) is 32.2. The quantitative estimate of drug-likeness (QED) is 0.563. The Morgan fingerprint density at radius 2 is 1.50 bits per heavy atom. The highest BCUT2D eigenvalue weighted by Crippen LogP contribution is 2.67.